The first-order valence-electron chi connectivity index (χ1n) is 15.3. The molecule has 0 radical (unpaired) electrons. The second kappa shape index (κ2) is 12.5. The van der Waals surface area contributed by atoms with Gasteiger partial charge in [0.1, 0.15) is 0 Å². The minimum Gasteiger partial charge on any atom is -0.335 e. The van der Waals surface area contributed by atoms with Crippen LogP contribution in [0.5, 0.6) is 0 Å². The first-order chi connectivity index (χ1) is 22.2. The van der Waals surface area contributed by atoms with Crippen molar-refractivity contribution in [2.75, 3.05) is 11.9 Å². The van der Waals surface area contributed by atoms with Crippen LogP contribution in [0.25, 0.3) is 38.6 Å². The number of anilines is 1. The molecule has 4 heteroatoms. The van der Waals surface area contributed by atoms with Crippen molar-refractivity contribution in [1.29, 1.82) is 0 Å². The molecule has 6 aromatic carbocycles. The number of aromatic nitrogens is 1. The molecule has 0 unspecified atom stereocenters. The van der Waals surface area contributed by atoms with E-state index < -0.39 is 0 Å². The van der Waals surface area contributed by atoms with Crippen LogP contribution in [-0.2, 0) is 6.54 Å². The average Bonchev–Trinajstić information content (AvgIpc) is 3.43. The van der Waals surface area contributed by atoms with E-state index in [-0.39, 0.29) is 0 Å². The van der Waals surface area contributed by atoms with Gasteiger partial charge in [-0.05, 0) is 53.9 Å². The first kappa shape index (κ1) is 28.1. The normalized spacial score (nSPS) is 11.9. The highest BCUT2D eigenvalue weighted by atomic mass is 15.1. The summed E-state index contributed by atoms with van der Waals surface area (Å²) in [5.41, 5.74) is 10.3. The minimum absolute atomic E-state index is 0.567. The maximum atomic E-state index is 4.91. The van der Waals surface area contributed by atoms with Gasteiger partial charge in [0, 0.05) is 40.3 Å². The van der Waals surface area contributed by atoms with Gasteiger partial charge in [0.2, 0.25) is 0 Å². The van der Waals surface area contributed by atoms with Crippen LogP contribution < -0.4 is 4.90 Å². The molecular formula is C41H34N4. The van der Waals surface area contributed by atoms with Gasteiger partial charge in [-0.15, -0.1) is 0 Å². The standard InChI is InChI=1S/C41H34N4/c1-30-14-13-19-34(26-30)45-39-23-12-10-21-36(39)37-25-24-33(27-40(37)45)35-20-9-11-22-38(35)44(2)29-43-41(32-17-7-4-8-18-32)42-28-31-15-5-3-6-16-31/h3-27,29H,28H2,1-2H3. The summed E-state index contributed by atoms with van der Waals surface area (Å²) in [6, 6.07) is 53.1. The van der Waals surface area contributed by atoms with Crippen molar-refractivity contribution >= 4 is 39.7 Å². The van der Waals surface area contributed by atoms with Crippen LogP contribution in [-0.4, -0.2) is 23.8 Å². The summed E-state index contributed by atoms with van der Waals surface area (Å²) in [5, 5.41) is 2.49. The Morgan fingerprint density at radius 1 is 0.667 bits per heavy atom. The molecule has 1 aromatic heterocycles. The van der Waals surface area contributed by atoms with Gasteiger partial charge in [0.05, 0.1) is 23.9 Å². The number of hydrogen-bond donors (Lipinski definition) is 0. The third kappa shape index (κ3) is 5.78. The van der Waals surface area contributed by atoms with E-state index in [4.69, 9.17) is 9.98 Å². The zero-order valence-electron chi connectivity index (χ0n) is 25.5. The van der Waals surface area contributed by atoms with Gasteiger partial charge >= 0.3 is 0 Å². The van der Waals surface area contributed by atoms with E-state index in [0.717, 1.165) is 27.9 Å². The summed E-state index contributed by atoms with van der Waals surface area (Å²) in [6.07, 6.45) is 1.87. The second-order valence-corrected chi connectivity index (χ2v) is 11.3. The molecule has 0 fully saturated rings. The van der Waals surface area contributed by atoms with Crippen LogP contribution in [0.4, 0.5) is 5.69 Å². The Kier molecular flexibility index (Phi) is 7.78. The Bertz CT molecular complexity index is 2160. The highest BCUT2D eigenvalue weighted by Crippen LogP contribution is 2.37. The van der Waals surface area contributed by atoms with E-state index in [1.165, 1.54) is 33.1 Å². The molecule has 4 nitrogen and oxygen atoms in total. The van der Waals surface area contributed by atoms with Crippen LogP contribution in [0.3, 0.4) is 0 Å². The van der Waals surface area contributed by atoms with E-state index in [2.05, 4.69) is 132 Å². The third-order valence-corrected chi connectivity index (χ3v) is 8.17. The lowest BCUT2D eigenvalue weighted by Gasteiger charge is -2.18. The van der Waals surface area contributed by atoms with Crippen LogP contribution >= 0.6 is 0 Å². The zero-order valence-corrected chi connectivity index (χ0v) is 25.5. The van der Waals surface area contributed by atoms with Gasteiger partial charge in [-0.25, -0.2) is 4.99 Å². The van der Waals surface area contributed by atoms with E-state index in [0.29, 0.717) is 12.4 Å². The summed E-state index contributed by atoms with van der Waals surface area (Å²) in [5.74, 6) is 0.702. The molecule has 0 amide bonds. The molecule has 0 saturated heterocycles. The maximum absolute atomic E-state index is 4.91. The van der Waals surface area contributed by atoms with Crippen LogP contribution in [0, 0.1) is 6.92 Å². The quantitative estimate of drug-likeness (QED) is 0.136. The lowest BCUT2D eigenvalue weighted by molar-refractivity contribution is 1.06. The Balaban J connectivity index is 1.28. The number of amidine groups is 1. The van der Waals surface area contributed by atoms with Gasteiger partial charge in [-0.2, -0.15) is 0 Å². The summed E-state index contributed by atoms with van der Waals surface area (Å²) >= 11 is 0. The van der Waals surface area contributed by atoms with Crippen molar-refractivity contribution in [3.8, 4) is 16.8 Å². The predicted octanol–water partition coefficient (Wildman–Crippen LogP) is 9.87. The third-order valence-electron chi connectivity index (χ3n) is 8.17. The number of rotatable bonds is 7. The summed E-state index contributed by atoms with van der Waals surface area (Å²) < 4.78 is 2.38. The molecule has 0 atom stereocenters. The number of benzene rings is 6. The molecule has 0 spiro atoms. The van der Waals surface area contributed by atoms with Crippen LogP contribution in [0.15, 0.2) is 162 Å². The van der Waals surface area contributed by atoms with Crippen LogP contribution in [0.1, 0.15) is 16.7 Å². The van der Waals surface area contributed by atoms with Gasteiger partial charge in [0.15, 0.2) is 5.84 Å². The average molecular weight is 583 g/mol. The van der Waals surface area contributed by atoms with E-state index >= 15 is 0 Å². The lowest BCUT2D eigenvalue weighted by Crippen LogP contribution is -2.16. The number of para-hydroxylation sites is 2. The van der Waals surface area contributed by atoms with Crippen molar-refractivity contribution in [2.24, 2.45) is 9.98 Å². The van der Waals surface area contributed by atoms with Crippen LogP contribution in [0.2, 0.25) is 0 Å². The number of nitrogens with zero attached hydrogens (tertiary/aromatic N) is 4. The largest absolute Gasteiger partial charge is 0.335 e. The van der Waals surface area contributed by atoms with Gasteiger partial charge in [-0.1, -0.05) is 121 Å². The Labute approximate surface area is 264 Å². The van der Waals surface area contributed by atoms with E-state index in [1.54, 1.807) is 0 Å². The molecule has 0 aliphatic heterocycles. The Morgan fingerprint density at radius 2 is 1.38 bits per heavy atom. The Hall–Kier alpha value is -5.74. The maximum Gasteiger partial charge on any atom is 0.156 e. The van der Waals surface area contributed by atoms with Crippen molar-refractivity contribution in [1.82, 2.24) is 4.57 Å². The fourth-order valence-corrected chi connectivity index (χ4v) is 5.96. The number of aliphatic imine (C=N–C) groups is 2. The molecule has 0 N–H and O–H groups in total. The number of fused-ring (bicyclic) bond motifs is 3. The lowest BCUT2D eigenvalue weighted by atomic mass is 10.0. The predicted molar refractivity (Wildman–Crippen MR) is 191 cm³/mol. The van der Waals surface area contributed by atoms with Crippen molar-refractivity contribution in [3.05, 3.63) is 168 Å². The summed E-state index contributed by atoms with van der Waals surface area (Å²) in [6.45, 7) is 2.71. The van der Waals surface area contributed by atoms with Gasteiger partial charge in [-0.3, -0.25) is 4.99 Å². The highest BCUT2D eigenvalue weighted by Gasteiger charge is 2.15. The van der Waals surface area contributed by atoms with Gasteiger partial charge < -0.3 is 9.47 Å². The highest BCUT2D eigenvalue weighted by molar-refractivity contribution is 6.11. The molecule has 0 bridgehead atoms. The molecule has 7 aromatic rings. The molecule has 0 saturated carbocycles. The molecule has 7 rings (SSSR count). The molecule has 45 heavy (non-hydrogen) atoms. The van der Waals surface area contributed by atoms with Crippen molar-refractivity contribution in [2.45, 2.75) is 13.5 Å². The smallest absolute Gasteiger partial charge is 0.156 e. The fraction of sp³-hybridized carbons (Fsp3) is 0.0732. The fourth-order valence-electron chi connectivity index (χ4n) is 5.96. The first-order valence-corrected chi connectivity index (χ1v) is 15.3. The molecule has 0 aliphatic rings. The zero-order chi connectivity index (χ0) is 30.6. The molecule has 0 aliphatic carbocycles. The molecule has 1 heterocycles. The van der Waals surface area contributed by atoms with Gasteiger partial charge in [0.25, 0.3) is 0 Å². The molecular weight excluding hydrogens is 548 g/mol. The van der Waals surface area contributed by atoms with E-state index in [1.807, 2.05) is 49.8 Å². The number of hydrogen-bond acceptors (Lipinski definition) is 1. The topological polar surface area (TPSA) is 32.9 Å². The minimum atomic E-state index is 0.567. The number of aryl methyl sites for hydroxylation is 1. The SMILES string of the molecule is Cc1cccc(-n2c3ccccc3c3ccc(-c4ccccc4N(C)C=NC(=NCc4ccccc4)c4ccccc4)cc32)c1. The van der Waals surface area contributed by atoms with Crippen molar-refractivity contribution < 1.29 is 0 Å². The Morgan fingerprint density at radius 3 is 2.20 bits per heavy atom. The summed E-state index contributed by atoms with van der Waals surface area (Å²) in [7, 11) is 2.05. The second-order valence-electron chi connectivity index (χ2n) is 11.3. The van der Waals surface area contributed by atoms with E-state index in [9.17, 15) is 0 Å². The monoisotopic (exact) mass is 582 g/mol. The van der Waals surface area contributed by atoms with Crippen molar-refractivity contribution in [3.63, 3.8) is 0 Å². The molecule has 218 valence electrons. The summed E-state index contributed by atoms with van der Waals surface area (Å²) in [4.78, 5) is 11.9.